The topological polar surface area (TPSA) is 66.8 Å². The zero-order valence-corrected chi connectivity index (χ0v) is 19.3. The second-order valence-corrected chi connectivity index (χ2v) is 8.42. The predicted molar refractivity (Wildman–Crippen MR) is 128 cm³/mol. The first-order chi connectivity index (χ1) is 16.3. The van der Waals surface area contributed by atoms with Gasteiger partial charge >= 0.3 is 0 Å². The highest BCUT2D eigenvalue weighted by atomic mass is 19.1. The number of halogens is 1. The van der Waals surface area contributed by atoms with Crippen molar-refractivity contribution < 1.29 is 23.8 Å². The van der Waals surface area contributed by atoms with E-state index in [0.717, 1.165) is 22.3 Å². The number of ether oxygens (including phenoxy) is 1. The van der Waals surface area contributed by atoms with Crippen molar-refractivity contribution in [1.29, 1.82) is 0 Å². The summed E-state index contributed by atoms with van der Waals surface area (Å²) in [6, 6.07) is 18.1. The van der Waals surface area contributed by atoms with E-state index in [0.29, 0.717) is 17.7 Å². The molecule has 174 valence electrons. The van der Waals surface area contributed by atoms with Crippen LogP contribution in [0.4, 0.5) is 4.39 Å². The van der Waals surface area contributed by atoms with Crippen LogP contribution in [-0.4, -0.2) is 35.4 Å². The molecule has 0 radical (unpaired) electrons. The van der Waals surface area contributed by atoms with Gasteiger partial charge in [-0.15, -0.1) is 0 Å². The van der Waals surface area contributed by atoms with Crippen molar-refractivity contribution in [3.63, 3.8) is 0 Å². The van der Waals surface area contributed by atoms with Gasteiger partial charge in [0.1, 0.15) is 17.3 Å². The molecule has 3 aromatic carbocycles. The number of ketones is 1. The van der Waals surface area contributed by atoms with E-state index in [4.69, 9.17) is 4.74 Å². The molecule has 1 saturated heterocycles. The maximum absolute atomic E-state index is 13.3. The number of Topliss-reactive ketones (excluding diaryl/α,β-unsaturated/α-hetero) is 1. The lowest BCUT2D eigenvalue weighted by atomic mass is 9.93. The second kappa shape index (κ2) is 9.51. The first-order valence-electron chi connectivity index (χ1n) is 11.0. The molecule has 1 unspecified atom stereocenters. The lowest BCUT2D eigenvalue weighted by molar-refractivity contribution is -0.139. The SMILES string of the molecule is COc1cc(C)c(/C(O)=C2\C(=O)C(=O)N(CCc3ccc(F)cc3)C2c2ccccc2)cc1C. The second-order valence-electron chi connectivity index (χ2n) is 8.42. The molecular weight excluding hydrogens is 433 g/mol. The minimum absolute atomic E-state index is 0.0583. The molecule has 34 heavy (non-hydrogen) atoms. The van der Waals surface area contributed by atoms with E-state index >= 15 is 0 Å². The van der Waals surface area contributed by atoms with Crippen LogP contribution >= 0.6 is 0 Å². The van der Waals surface area contributed by atoms with Gasteiger partial charge in [0.2, 0.25) is 0 Å². The molecule has 1 amide bonds. The molecule has 1 fully saturated rings. The summed E-state index contributed by atoms with van der Waals surface area (Å²) in [5.74, 6) is -1.26. The average molecular weight is 460 g/mol. The van der Waals surface area contributed by atoms with E-state index in [1.807, 2.05) is 44.2 Å². The van der Waals surface area contributed by atoms with E-state index in [-0.39, 0.29) is 23.7 Å². The number of aliphatic hydroxyl groups excluding tert-OH is 1. The molecule has 6 heteroatoms. The van der Waals surface area contributed by atoms with Crippen molar-refractivity contribution >= 4 is 17.4 Å². The fraction of sp³-hybridized carbons (Fsp3) is 0.214. The number of benzene rings is 3. The summed E-state index contributed by atoms with van der Waals surface area (Å²) in [6.07, 6.45) is 0.442. The van der Waals surface area contributed by atoms with Gasteiger partial charge in [0.05, 0.1) is 18.7 Å². The number of hydrogen-bond donors (Lipinski definition) is 1. The quantitative estimate of drug-likeness (QED) is 0.316. The van der Waals surface area contributed by atoms with Crippen LogP contribution in [-0.2, 0) is 16.0 Å². The van der Waals surface area contributed by atoms with Crippen LogP contribution in [0, 0.1) is 19.7 Å². The molecule has 4 rings (SSSR count). The highest BCUT2D eigenvalue weighted by Gasteiger charge is 2.45. The third-order valence-corrected chi connectivity index (χ3v) is 6.21. The molecule has 1 aliphatic rings. The Morgan fingerprint density at radius 2 is 1.68 bits per heavy atom. The number of aryl methyl sites for hydroxylation is 2. The van der Waals surface area contributed by atoms with E-state index < -0.39 is 17.7 Å². The fourth-order valence-corrected chi connectivity index (χ4v) is 4.40. The van der Waals surface area contributed by atoms with E-state index in [1.54, 1.807) is 31.4 Å². The summed E-state index contributed by atoms with van der Waals surface area (Å²) in [6.45, 7) is 3.91. The molecule has 1 aliphatic heterocycles. The van der Waals surface area contributed by atoms with Crippen LogP contribution in [0.3, 0.4) is 0 Å². The van der Waals surface area contributed by atoms with E-state index in [1.165, 1.54) is 17.0 Å². The molecule has 1 heterocycles. The molecular formula is C28H26FNO4. The van der Waals surface area contributed by atoms with Gasteiger partial charge in [-0.05, 0) is 66.8 Å². The summed E-state index contributed by atoms with van der Waals surface area (Å²) in [5, 5.41) is 11.3. The van der Waals surface area contributed by atoms with Gasteiger partial charge in [-0.1, -0.05) is 42.5 Å². The molecule has 1 atom stereocenters. The summed E-state index contributed by atoms with van der Waals surface area (Å²) < 4.78 is 18.6. The maximum Gasteiger partial charge on any atom is 0.295 e. The van der Waals surface area contributed by atoms with Gasteiger partial charge in [-0.3, -0.25) is 9.59 Å². The Kier molecular flexibility index (Phi) is 6.50. The largest absolute Gasteiger partial charge is 0.507 e. The lowest BCUT2D eigenvalue weighted by Crippen LogP contribution is -2.31. The average Bonchev–Trinajstić information content (AvgIpc) is 3.10. The summed E-state index contributed by atoms with van der Waals surface area (Å²) in [7, 11) is 1.57. The molecule has 0 saturated carbocycles. The van der Waals surface area contributed by atoms with Crippen LogP contribution in [0.15, 0.2) is 72.3 Å². The normalized spacial score (nSPS) is 17.3. The number of rotatable bonds is 6. The molecule has 0 aliphatic carbocycles. The molecule has 0 spiro atoms. The zero-order valence-electron chi connectivity index (χ0n) is 19.3. The van der Waals surface area contributed by atoms with Crippen molar-refractivity contribution in [3.05, 3.63) is 106 Å². The number of carbonyl (C=O) groups is 2. The monoisotopic (exact) mass is 459 g/mol. The fourth-order valence-electron chi connectivity index (χ4n) is 4.40. The predicted octanol–water partition coefficient (Wildman–Crippen LogP) is 5.12. The van der Waals surface area contributed by atoms with Gasteiger partial charge in [0.25, 0.3) is 11.7 Å². The van der Waals surface area contributed by atoms with Crippen molar-refractivity contribution in [2.24, 2.45) is 0 Å². The summed E-state index contributed by atoms with van der Waals surface area (Å²) >= 11 is 0. The number of methoxy groups -OCH3 is 1. The Morgan fingerprint density at radius 3 is 2.32 bits per heavy atom. The first-order valence-corrected chi connectivity index (χ1v) is 11.0. The zero-order chi connectivity index (χ0) is 24.4. The van der Waals surface area contributed by atoms with Crippen LogP contribution in [0.1, 0.15) is 33.9 Å². The van der Waals surface area contributed by atoms with Crippen LogP contribution in [0.25, 0.3) is 5.76 Å². The molecule has 5 nitrogen and oxygen atoms in total. The third-order valence-electron chi connectivity index (χ3n) is 6.21. The number of amides is 1. The molecule has 0 bridgehead atoms. The Hall–Kier alpha value is -3.93. The van der Waals surface area contributed by atoms with E-state index in [2.05, 4.69) is 0 Å². The van der Waals surface area contributed by atoms with Gasteiger partial charge in [-0.25, -0.2) is 4.39 Å². The standard InChI is InChI=1S/C28H26FNO4/c1-17-16-23(34-3)18(2)15-22(17)26(31)24-25(20-7-5-4-6-8-20)30(28(33)27(24)32)14-13-19-9-11-21(29)12-10-19/h4-12,15-16,25,31H,13-14H2,1-3H3/b26-24+. The summed E-state index contributed by atoms with van der Waals surface area (Å²) in [4.78, 5) is 27.8. The Balaban J connectivity index is 1.79. The van der Waals surface area contributed by atoms with Crippen LogP contribution in [0.5, 0.6) is 5.75 Å². The molecule has 3 aromatic rings. The van der Waals surface area contributed by atoms with E-state index in [9.17, 15) is 19.1 Å². The van der Waals surface area contributed by atoms with Crippen LogP contribution < -0.4 is 4.74 Å². The van der Waals surface area contributed by atoms with Gasteiger partial charge in [0.15, 0.2) is 0 Å². The number of hydrogen-bond acceptors (Lipinski definition) is 4. The summed E-state index contributed by atoms with van der Waals surface area (Å²) in [5.41, 5.74) is 3.64. The van der Waals surface area contributed by atoms with Gasteiger partial charge < -0.3 is 14.7 Å². The first kappa shape index (κ1) is 23.2. The molecule has 1 N–H and O–H groups in total. The van der Waals surface area contributed by atoms with Gasteiger partial charge in [0, 0.05) is 12.1 Å². The Bertz CT molecular complexity index is 1270. The molecule has 0 aromatic heterocycles. The number of aliphatic hydroxyl groups is 1. The maximum atomic E-state index is 13.3. The number of nitrogens with zero attached hydrogens (tertiary/aromatic N) is 1. The minimum Gasteiger partial charge on any atom is -0.507 e. The van der Waals surface area contributed by atoms with Crippen molar-refractivity contribution in [2.75, 3.05) is 13.7 Å². The highest BCUT2D eigenvalue weighted by molar-refractivity contribution is 6.46. The number of likely N-dealkylation sites (tertiary alicyclic amines) is 1. The van der Waals surface area contributed by atoms with Gasteiger partial charge in [-0.2, -0.15) is 0 Å². The van der Waals surface area contributed by atoms with Crippen LogP contribution in [0.2, 0.25) is 0 Å². The van der Waals surface area contributed by atoms with Crippen molar-refractivity contribution in [1.82, 2.24) is 4.90 Å². The third kappa shape index (κ3) is 4.31. The smallest absolute Gasteiger partial charge is 0.295 e. The highest BCUT2D eigenvalue weighted by Crippen LogP contribution is 2.40. The number of carbonyl (C=O) groups excluding carboxylic acids is 2. The Morgan fingerprint density at radius 1 is 1.00 bits per heavy atom. The minimum atomic E-state index is -0.733. The van der Waals surface area contributed by atoms with Crippen molar-refractivity contribution in [2.45, 2.75) is 26.3 Å². The Labute approximate surface area is 198 Å². The lowest BCUT2D eigenvalue weighted by Gasteiger charge is -2.25. The van der Waals surface area contributed by atoms with Crippen molar-refractivity contribution in [3.8, 4) is 5.75 Å².